The molecule has 1 rings (SSSR count). The van der Waals surface area contributed by atoms with Crippen LogP contribution in [0.2, 0.25) is 5.02 Å². The molecule has 1 N–H and O–H groups in total. The van der Waals surface area contributed by atoms with Crippen LogP contribution in [0.25, 0.3) is 0 Å². The molecule has 0 saturated carbocycles. The summed E-state index contributed by atoms with van der Waals surface area (Å²) < 4.78 is 5.20. The van der Waals surface area contributed by atoms with Gasteiger partial charge in [-0.1, -0.05) is 11.6 Å². The van der Waals surface area contributed by atoms with Gasteiger partial charge in [0.25, 0.3) is 0 Å². The number of hydrogen-bond donors (Lipinski definition) is 1. The number of benzene rings is 1. The zero-order chi connectivity index (χ0) is 13.7. The van der Waals surface area contributed by atoms with E-state index in [1.165, 1.54) is 7.11 Å². The molecule has 0 radical (unpaired) electrons. The predicted molar refractivity (Wildman–Crippen MR) is 71.6 cm³/mol. The third-order valence-corrected chi connectivity index (χ3v) is 2.97. The Balaban J connectivity index is 3.04. The highest BCUT2D eigenvalue weighted by Gasteiger charge is 2.23. The summed E-state index contributed by atoms with van der Waals surface area (Å²) in [5.41, 5.74) is 0.624. The Bertz CT molecular complexity index is 421. The molecule has 0 spiro atoms. The van der Waals surface area contributed by atoms with E-state index in [1.807, 2.05) is 19.0 Å². The van der Waals surface area contributed by atoms with Gasteiger partial charge in [0, 0.05) is 10.6 Å². The third kappa shape index (κ3) is 3.89. The number of halogens is 1. The van der Waals surface area contributed by atoms with Crippen molar-refractivity contribution >= 4 is 17.6 Å². The van der Waals surface area contributed by atoms with Crippen LogP contribution in [0.4, 0.5) is 0 Å². The summed E-state index contributed by atoms with van der Waals surface area (Å²) in [7, 11) is 5.35. The highest BCUT2D eigenvalue weighted by molar-refractivity contribution is 6.30. The van der Waals surface area contributed by atoms with Crippen LogP contribution in [0.15, 0.2) is 18.2 Å². The van der Waals surface area contributed by atoms with Crippen LogP contribution in [0.3, 0.4) is 0 Å². The fraction of sp³-hybridized carbons (Fsp3) is 0.462. The van der Waals surface area contributed by atoms with Crippen molar-refractivity contribution in [1.82, 2.24) is 4.90 Å². The molecule has 5 heteroatoms. The van der Waals surface area contributed by atoms with E-state index in [-0.39, 0.29) is 0 Å². The minimum atomic E-state index is -0.864. The number of carboxylic acids is 1. The molecule has 0 aliphatic rings. The molecule has 1 unspecified atom stereocenters. The average Bonchev–Trinajstić information content (AvgIpc) is 2.28. The van der Waals surface area contributed by atoms with Gasteiger partial charge in [-0.25, -0.2) is 0 Å². The summed E-state index contributed by atoms with van der Waals surface area (Å²) in [5, 5.41) is 9.85. The lowest BCUT2D eigenvalue weighted by Gasteiger charge is -2.18. The van der Waals surface area contributed by atoms with E-state index >= 15 is 0 Å². The van der Waals surface area contributed by atoms with Crippen LogP contribution < -0.4 is 4.74 Å². The Morgan fingerprint density at radius 2 is 2.17 bits per heavy atom. The fourth-order valence-corrected chi connectivity index (χ4v) is 1.96. The second-order valence-electron chi connectivity index (χ2n) is 4.37. The number of carboxylic acid groups (broad SMARTS) is 1. The van der Waals surface area contributed by atoms with Gasteiger partial charge in [-0.2, -0.15) is 0 Å². The molecular weight excluding hydrogens is 254 g/mol. The largest absolute Gasteiger partial charge is 0.496 e. The standard InChI is InChI=1S/C13H18ClNO3/c1-15(2)7-6-10(13(16)17)11-8-9(14)4-5-12(11)18-3/h4-5,8,10H,6-7H2,1-3H3,(H,16,17). The van der Waals surface area contributed by atoms with Crippen LogP contribution >= 0.6 is 11.6 Å². The number of nitrogens with zero attached hydrogens (tertiary/aromatic N) is 1. The maximum atomic E-state index is 11.4. The first kappa shape index (κ1) is 14.8. The summed E-state index contributed by atoms with van der Waals surface area (Å²) in [5.74, 6) is -0.913. The highest BCUT2D eigenvalue weighted by Crippen LogP contribution is 2.31. The van der Waals surface area contributed by atoms with Crippen molar-refractivity contribution in [3.05, 3.63) is 28.8 Å². The van der Waals surface area contributed by atoms with Gasteiger partial charge in [-0.3, -0.25) is 4.79 Å². The van der Waals surface area contributed by atoms with Crippen LogP contribution in [0.5, 0.6) is 5.75 Å². The maximum absolute atomic E-state index is 11.4. The van der Waals surface area contributed by atoms with E-state index in [9.17, 15) is 9.90 Å². The third-order valence-electron chi connectivity index (χ3n) is 2.73. The lowest BCUT2D eigenvalue weighted by atomic mass is 9.94. The molecule has 0 fully saturated rings. The topological polar surface area (TPSA) is 49.8 Å². The molecular formula is C13H18ClNO3. The number of carbonyl (C=O) groups is 1. The van der Waals surface area contributed by atoms with Gasteiger partial charge in [-0.15, -0.1) is 0 Å². The van der Waals surface area contributed by atoms with Crippen LogP contribution in [-0.4, -0.2) is 43.7 Å². The molecule has 0 saturated heterocycles. The summed E-state index contributed by atoms with van der Waals surface area (Å²) in [6.45, 7) is 0.687. The van der Waals surface area contributed by atoms with Crippen molar-refractivity contribution in [3.63, 3.8) is 0 Å². The van der Waals surface area contributed by atoms with Crippen molar-refractivity contribution in [2.75, 3.05) is 27.7 Å². The Morgan fingerprint density at radius 3 is 2.67 bits per heavy atom. The van der Waals surface area contributed by atoms with Crippen LogP contribution in [0.1, 0.15) is 17.9 Å². The Kier molecular flexibility index (Phi) is 5.44. The van der Waals surface area contributed by atoms with Gasteiger partial charge in [0.1, 0.15) is 5.75 Å². The van der Waals surface area contributed by atoms with Gasteiger partial charge in [-0.05, 0) is 45.3 Å². The highest BCUT2D eigenvalue weighted by atomic mass is 35.5. The lowest BCUT2D eigenvalue weighted by Crippen LogP contribution is -2.20. The molecule has 1 aromatic rings. The smallest absolute Gasteiger partial charge is 0.311 e. The van der Waals surface area contributed by atoms with E-state index in [1.54, 1.807) is 18.2 Å². The quantitative estimate of drug-likeness (QED) is 0.864. The van der Waals surface area contributed by atoms with Gasteiger partial charge in [0.05, 0.1) is 13.0 Å². The van der Waals surface area contributed by atoms with Crippen molar-refractivity contribution in [1.29, 1.82) is 0 Å². The summed E-state index contributed by atoms with van der Waals surface area (Å²) in [6.07, 6.45) is 0.513. The molecule has 0 heterocycles. The Labute approximate surface area is 112 Å². The maximum Gasteiger partial charge on any atom is 0.311 e. The van der Waals surface area contributed by atoms with Crippen LogP contribution in [-0.2, 0) is 4.79 Å². The monoisotopic (exact) mass is 271 g/mol. The summed E-state index contributed by atoms with van der Waals surface area (Å²) in [4.78, 5) is 13.3. The first-order chi connectivity index (χ1) is 8.45. The molecule has 0 aliphatic heterocycles. The Hall–Kier alpha value is -1.26. The van der Waals surface area contributed by atoms with Crippen molar-refractivity contribution in [3.8, 4) is 5.75 Å². The number of rotatable bonds is 6. The molecule has 1 aromatic carbocycles. The van der Waals surface area contributed by atoms with E-state index in [2.05, 4.69) is 0 Å². The minimum Gasteiger partial charge on any atom is -0.496 e. The summed E-state index contributed by atoms with van der Waals surface area (Å²) >= 11 is 5.93. The SMILES string of the molecule is COc1ccc(Cl)cc1C(CCN(C)C)C(=O)O. The molecule has 4 nitrogen and oxygen atoms in total. The Morgan fingerprint density at radius 1 is 1.50 bits per heavy atom. The van der Waals surface area contributed by atoms with Crippen molar-refractivity contribution in [2.24, 2.45) is 0 Å². The molecule has 0 aliphatic carbocycles. The molecule has 0 bridgehead atoms. The van der Waals surface area contributed by atoms with Gasteiger partial charge in [0.2, 0.25) is 0 Å². The molecule has 0 amide bonds. The predicted octanol–water partition coefficient (Wildman–Crippen LogP) is 2.47. The summed E-state index contributed by atoms with van der Waals surface area (Å²) in [6, 6.07) is 5.05. The van der Waals surface area contributed by atoms with E-state index < -0.39 is 11.9 Å². The zero-order valence-electron chi connectivity index (χ0n) is 10.8. The zero-order valence-corrected chi connectivity index (χ0v) is 11.6. The van der Waals surface area contributed by atoms with Gasteiger partial charge in [0.15, 0.2) is 0 Å². The van der Waals surface area contributed by atoms with E-state index in [0.29, 0.717) is 29.3 Å². The van der Waals surface area contributed by atoms with Gasteiger partial charge >= 0.3 is 5.97 Å². The normalized spacial score (nSPS) is 12.5. The number of methoxy groups -OCH3 is 1. The molecule has 1 atom stereocenters. The molecule has 18 heavy (non-hydrogen) atoms. The average molecular weight is 272 g/mol. The fourth-order valence-electron chi connectivity index (χ4n) is 1.78. The number of ether oxygens (including phenoxy) is 1. The van der Waals surface area contributed by atoms with Gasteiger partial charge < -0.3 is 14.7 Å². The minimum absolute atomic E-state index is 0.513. The molecule has 100 valence electrons. The first-order valence-electron chi connectivity index (χ1n) is 5.66. The van der Waals surface area contributed by atoms with Crippen LogP contribution in [0, 0.1) is 0 Å². The number of aliphatic carboxylic acids is 1. The van der Waals surface area contributed by atoms with E-state index in [0.717, 1.165) is 0 Å². The van der Waals surface area contributed by atoms with Crippen molar-refractivity contribution < 1.29 is 14.6 Å². The van der Waals surface area contributed by atoms with Crippen molar-refractivity contribution in [2.45, 2.75) is 12.3 Å². The molecule has 0 aromatic heterocycles. The second kappa shape index (κ2) is 6.61. The second-order valence-corrected chi connectivity index (χ2v) is 4.81. The number of hydrogen-bond acceptors (Lipinski definition) is 3. The first-order valence-corrected chi connectivity index (χ1v) is 6.04. The lowest BCUT2D eigenvalue weighted by molar-refractivity contribution is -0.139. The van der Waals surface area contributed by atoms with E-state index in [4.69, 9.17) is 16.3 Å².